The first kappa shape index (κ1) is 17.0. The summed E-state index contributed by atoms with van der Waals surface area (Å²) in [6.07, 6.45) is 0.875. The summed E-state index contributed by atoms with van der Waals surface area (Å²) in [4.78, 5) is 22.3. The van der Waals surface area contributed by atoms with Crippen LogP contribution in [0.5, 0.6) is 0 Å². The summed E-state index contributed by atoms with van der Waals surface area (Å²) in [6.45, 7) is 9.04. The number of nitrogens with one attached hydrogen (secondary N) is 1. The van der Waals surface area contributed by atoms with Gasteiger partial charge in [0.15, 0.2) is 0 Å². The maximum atomic E-state index is 11.6. The van der Waals surface area contributed by atoms with Gasteiger partial charge in [-0.2, -0.15) is 0 Å². The summed E-state index contributed by atoms with van der Waals surface area (Å²) in [5, 5.41) is 11.4. The molecule has 0 aliphatic heterocycles. The van der Waals surface area contributed by atoms with Gasteiger partial charge in [-0.05, 0) is 48.7 Å². The zero-order valence-electron chi connectivity index (χ0n) is 11.3. The Morgan fingerprint density at radius 1 is 1.33 bits per heavy atom. The second kappa shape index (κ2) is 6.78. The van der Waals surface area contributed by atoms with E-state index in [2.05, 4.69) is 21.2 Å². The molecule has 0 aliphatic rings. The van der Waals surface area contributed by atoms with Crippen molar-refractivity contribution in [2.75, 3.05) is 0 Å². The minimum atomic E-state index is -1.08. The third-order valence-corrected chi connectivity index (χ3v) is 2.54. The summed E-state index contributed by atoms with van der Waals surface area (Å²) in [5.74, 6) is -1.03. The van der Waals surface area contributed by atoms with Crippen LogP contribution in [-0.2, 0) is 9.53 Å². The van der Waals surface area contributed by atoms with Crippen LogP contribution in [0.2, 0.25) is 0 Å². The fourth-order valence-corrected chi connectivity index (χ4v) is 1.36. The molecular weight excluding hydrogens is 302 g/mol. The maximum absolute atomic E-state index is 11.6. The minimum absolute atomic E-state index is 0.0114. The normalized spacial score (nSPS) is 14.3. The van der Waals surface area contributed by atoms with Gasteiger partial charge in [-0.3, -0.25) is 0 Å². The predicted molar refractivity (Wildman–Crippen MR) is 72.6 cm³/mol. The van der Waals surface area contributed by atoms with Gasteiger partial charge in [0.05, 0.1) is 6.04 Å². The van der Waals surface area contributed by atoms with Crippen LogP contribution in [0.1, 0.15) is 34.6 Å². The van der Waals surface area contributed by atoms with E-state index in [4.69, 9.17) is 9.84 Å². The number of hydrogen-bond donors (Lipinski definition) is 2. The van der Waals surface area contributed by atoms with Crippen LogP contribution in [0.15, 0.2) is 10.6 Å². The first-order valence-electron chi connectivity index (χ1n) is 5.63. The fourth-order valence-electron chi connectivity index (χ4n) is 1.07. The first-order chi connectivity index (χ1) is 8.03. The average molecular weight is 322 g/mol. The van der Waals surface area contributed by atoms with Crippen molar-refractivity contribution in [2.24, 2.45) is 5.92 Å². The summed E-state index contributed by atoms with van der Waals surface area (Å²) in [7, 11) is 0. The van der Waals surface area contributed by atoms with Crippen molar-refractivity contribution in [2.45, 2.75) is 46.3 Å². The third kappa shape index (κ3) is 7.32. The average Bonchev–Trinajstić information content (AvgIpc) is 2.12. The highest BCUT2D eigenvalue weighted by molar-refractivity contribution is 9.12. The van der Waals surface area contributed by atoms with Gasteiger partial charge >= 0.3 is 12.1 Å². The second-order valence-corrected chi connectivity index (χ2v) is 6.09. The van der Waals surface area contributed by atoms with Gasteiger partial charge in [-0.25, -0.2) is 9.59 Å². The molecule has 1 amide bonds. The third-order valence-electron chi connectivity index (χ3n) is 1.93. The van der Waals surface area contributed by atoms with Gasteiger partial charge in [0.2, 0.25) is 0 Å². The molecule has 1 unspecified atom stereocenters. The Bertz CT molecular complexity index is 344. The van der Waals surface area contributed by atoms with Gasteiger partial charge < -0.3 is 15.2 Å². The first-order valence-corrected chi connectivity index (χ1v) is 6.42. The number of carbonyl (C=O) groups is 2. The van der Waals surface area contributed by atoms with E-state index in [1.807, 2.05) is 13.8 Å². The molecule has 1 atom stereocenters. The Hall–Kier alpha value is -1.04. The Morgan fingerprint density at radius 2 is 1.83 bits per heavy atom. The lowest BCUT2D eigenvalue weighted by Gasteiger charge is -2.24. The number of ether oxygens (including phenoxy) is 1. The lowest BCUT2D eigenvalue weighted by molar-refractivity contribution is -0.131. The molecular formula is C12H20BrNO4. The van der Waals surface area contributed by atoms with E-state index in [0.29, 0.717) is 0 Å². The number of aliphatic carboxylic acids is 1. The van der Waals surface area contributed by atoms with Gasteiger partial charge in [-0.15, -0.1) is 0 Å². The Morgan fingerprint density at radius 3 is 2.17 bits per heavy atom. The zero-order valence-corrected chi connectivity index (χ0v) is 12.9. The highest BCUT2D eigenvalue weighted by atomic mass is 79.9. The molecule has 0 aromatic heterocycles. The van der Waals surface area contributed by atoms with Crippen molar-refractivity contribution >= 4 is 28.0 Å². The molecule has 18 heavy (non-hydrogen) atoms. The number of carbonyl (C=O) groups excluding carboxylic acids is 1. The summed E-state index contributed by atoms with van der Waals surface area (Å²) in [6, 6.07) is -0.412. The molecule has 2 N–H and O–H groups in total. The number of carboxylic acids is 1. The highest BCUT2D eigenvalue weighted by Gasteiger charge is 2.21. The molecule has 6 heteroatoms. The topological polar surface area (TPSA) is 75.6 Å². The van der Waals surface area contributed by atoms with E-state index in [0.717, 1.165) is 0 Å². The molecule has 0 fully saturated rings. The van der Waals surface area contributed by atoms with Crippen LogP contribution in [0.3, 0.4) is 0 Å². The van der Waals surface area contributed by atoms with Gasteiger partial charge in [0, 0.05) is 0 Å². The van der Waals surface area contributed by atoms with Crippen molar-refractivity contribution in [3.8, 4) is 0 Å². The van der Waals surface area contributed by atoms with Crippen LogP contribution >= 0.6 is 15.9 Å². The van der Waals surface area contributed by atoms with Crippen molar-refractivity contribution in [1.29, 1.82) is 0 Å². The molecule has 0 rings (SSSR count). The van der Waals surface area contributed by atoms with E-state index >= 15 is 0 Å². The van der Waals surface area contributed by atoms with Crippen molar-refractivity contribution in [3.05, 3.63) is 10.6 Å². The second-order valence-electron chi connectivity index (χ2n) is 5.24. The SMILES string of the molecule is CC(C)C(/C=C(\Br)C(=O)O)NC(=O)OC(C)(C)C. The molecule has 0 radical (unpaired) electrons. The van der Waals surface area contributed by atoms with E-state index in [1.54, 1.807) is 20.8 Å². The number of rotatable bonds is 4. The minimum Gasteiger partial charge on any atom is -0.477 e. The quantitative estimate of drug-likeness (QED) is 0.780. The molecule has 0 saturated carbocycles. The van der Waals surface area contributed by atoms with Gasteiger partial charge in [-0.1, -0.05) is 13.8 Å². The molecule has 0 heterocycles. The number of halogens is 1. The molecule has 0 bridgehead atoms. The van der Waals surface area contributed by atoms with E-state index in [-0.39, 0.29) is 10.4 Å². The molecule has 104 valence electrons. The summed E-state index contributed by atoms with van der Waals surface area (Å²) in [5.41, 5.74) is -0.584. The van der Waals surface area contributed by atoms with Crippen molar-refractivity contribution in [1.82, 2.24) is 5.32 Å². The van der Waals surface area contributed by atoms with E-state index in [1.165, 1.54) is 6.08 Å². The van der Waals surface area contributed by atoms with Crippen molar-refractivity contribution < 1.29 is 19.4 Å². The number of amides is 1. The molecule has 5 nitrogen and oxygen atoms in total. The fraction of sp³-hybridized carbons (Fsp3) is 0.667. The van der Waals surface area contributed by atoms with Gasteiger partial charge in [0.25, 0.3) is 0 Å². The standard InChI is InChI=1S/C12H20BrNO4/c1-7(2)9(6-8(13)10(15)16)14-11(17)18-12(3,4)5/h6-7,9H,1-5H3,(H,14,17)(H,15,16)/b8-6-. The van der Waals surface area contributed by atoms with Crippen LogP contribution in [0, 0.1) is 5.92 Å². The predicted octanol–water partition coefficient (Wildman–Crippen LogP) is 2.90. The highest BCUT2D eigenvalue weighted by Crippen LogP contribution is 2.13. The summed E-state index contributed by atoms with van der Waals surface area (Å²) >= 11 is 2.93. The molecule has 0 spiro atoms. The number of hydrogen-bond acceptors (Lipinski definition) is 3. The van der Waals surface area contributed by atoms with Gasteiger partial charge in [0.1, 0.15) is 10.1 Å². The Labute approximate surface area is 116 Å². The molecule has 0 aromatic rings. The number of alkyl carbamates (subject to hydrolysis) is 1. The van der Waals surface area contributed by atoms with Crippen LogP contribution in [0.4, 0.5) is 4.79 Å². The van der Waals surface area contributed by atoms with E-state index < -0.39 is 23.7 Å². The Kier molecular flexibility index (Phi) is 6.38. The van der Waals surface area contributed by atoms with Crippen molar-refractivity contribution in [3.63, 3.8) is 0 Å². The largest absolute Gasteiger partial charge is 0.477 e. The lowest BCUT2D eigenvalue weighted by atomic mass is 10.0. The Balaban J connectivity index is 4.71. The molecule has 0 saturated heterocycles. The van der Waals surface area contributed by atoms with Crippen LogP contribution in [0.25, 0.3) is 0 Å². The lowest BCUT2D eigenvalue weighted by Crippen LogP contribution is -2.41. The smallest absolute Gasteiger partial charge is 0.408 e. The molecule has 0 aromatic carbocycles. The summed E-state index contributed by atoms with van der Waals surface area (Å²) < 4.78 is 5.13. The van der Waals surface area contributed by atoms with Crippen LogP contribution < -0.4 is 5.32 Å². The number of carboxylic acid groups (broad SMARTS) is 1. The molecule has 0 aliphatic carbocycles. The maximum Gasteiger partial charge on any atom is 0.408 e. The van der Waals surface area contributed by atoms with E-state index in [9.17, 15) is 9.59 Å². The monoisotopic (exact) mass is 321 g/mol. The zero-order chi connectivity index (χ0) is 14.5. The van der Waals surface area contributed by atoms with Crippen LogP contribution in [-0.4, -0.2) is 28.8 Å².